The van der Waals surface area contributed by atoms with E-state index in [1.807, 2.05) is 28.7 Å². The van der Waals surface area contributed by atoms with Crippen LogP contribution in [0.2, 0.25) is 0 Å². The summed E-state index contributed by atoms with van der Waals surface area (Å²) in [5, 5.41) is 18.0. The number of aliphatic carboxylic acids is 1. The second-order valence-corrected chi connectivity index (χ2v) is 3.87. The van der Waals surface area contributed by atoms with E-state index in [9.17, 15) is 9.90 Å². The van der Waals surface area contributed by atoms with Gasteiger partial charge in [-0.15, -0.1) is 0 Å². The van der Waals surface area contributed by atoms with Crippen LogP contribution in [0.15, 0.2) is 18.2 Å². The van der Waals surface area contributed by atoms with E-state index in [4.69, 9.17) is 5.11 Å². The number of carboxylic acid groups (broad SMARTS) is 1. The summed E-state index contributed by atoms with van der Waals surface area (Å²) >= 11 is 2.01. The lowest BCUT2D eigenvalue weighted by Crippen LogP contribution is -2.13. The van der Waals surface area contributed by atoms with Crippen molar-refractivity contribution < 1.29 is 15.0 Å². The quantitative estimate of drug-likeness (QED) is 0.816. The SMILES string of the molecule is Cc1cccc(I)c1C(O)C(=O)O. The highest BCUT2D eigenvalue weighted by Crippen LogP contribution is 2.23. The first-order valence-electron chi connectivity index (χ1n) is 3.70. The van der Waals surface area contributed by atoms with Crippen molar-refractivity contribution >= 4 is 28.6 Å². The third kappa shape index (κ3) is 2.19. The molecule has 2 N–H and O–H groups in total. The van der Waals surface area contributed by atoms with Gasteiger partial charge in [-0.3, -0.25) is 0 Å². The summed E-state index contributed by atoms with van der Waals surface area (Å²) in [6, 6.07) is 5.38. The Morgan fingerprint density at radius 2 is 2.15 bits per heavy atom. The van der Waals surface area contributed by atoms with E-state index in [0.29, 0.717) is 5.56 Å². The summed E-state index contributed by atoms with van der Waals surface area (Å²) in [5.74, 6) is -1.22. The van der Waals surface area contributed by atoms with Gasteiger partial charge in [0, 0.05) is 9.13 Å². The predicted octanol–water partition coefficient (Wildman–Crippen LogP) is 1.72. The van der Waals surface area contributed by atoms with Gasteiger partial charge in [0.2, 0.25) is 0 Å². The third-order valence-corrected chi connectivity index (χ3v) is 2.72. The van der Waals surface area contributed by atoms with Gasteiger partial charge in [-0.1, -0.05) is 12.1 Å². The number of rotatable bonds is 2. The van der Waals surface area contributed by atoms with Crippen molar-refractivity contribution in [1.29, 1.82) is 0 Å². The first-order valence-corrected chi connectivity index (χ1v) is 4.78. The summed E-state index contributed by atoms with van der Waals surface area (Å²) < 4.78 is 0.771. The van der Waals surface area contributed by atoms with Crippen LogP contribution in [0.4, 0.5) is 0 Å². The highest BCUT2D eigenvalue weighted by Gasteiger charge is 2.20. The van der Waals surface area contributed by atoms with Crippen LogP contribution < -0.4 is 0 Å². The maximum atomic E-state index is 10.6. The number of aryl methyl sites for hydroxylation is 1. The van der Waals surface area contributed by atoms with Crippen LogP contribution in [-0.2, 0) is 4.79 Å². The van der Waals surface area contributed by atoms with Crippen LogP contribution in [0, 0.1) is 10.5 Å². The molecule has 0 saturated heterocycles. The lowest BCUT2D eigenvalue weighted by molar-refractivity contribution is -0.147. The smallest absolute Gasteiger partial charge is 0.337 e. The van der Waals surface area contributed by atoms with Crippen LogP contribution in [0.1, 0.15) is 17.2 Å². The number of aliphatic hydroxyl groups excluding tert-OH is 1. The van der Waals surface area contributed by atoms with Crippen LogP contribution in [0.5, 0.6) is 0 Å². The van der Waals surface area contributed by atoms with Crippen molar-refractivity contribution in [2.45, 2.75) is 13.0 Å². The molecule has 4 heteroatoms. The zero-order valence-electron chi connectivity index (χ0n) is 6.99. The van der Waals surface area contributed by atoms with Gasteiger partial charge in [0.1, 0.15) is 0 Å². The van der Waals surface area contributed by atoms with Gasteiger partial charge in [0.05, 0.1) is 0 Å². The molecule has 0 amide bonds. The highest BCUT2D eigenvalue weighted by atomic mass is 127. The fourth-order valence-electron chi connectivity index (χ4n) is 1.11. The van der Waals surface area contributed by atoms with Gasteiger partial charge in [-0.2, -0.15) is 0 Å². The lowest BCUT2D eigenvalue weighted by Gasteiger charge is -2.11. The fraction of sp³-hybridized carbons (Fsp3) is 0.222. The van der Waals surface area contributed by atoms with Crippen LogP contribution >= 0.6 is 22.6 Å². The molecule has 0 saturated carbocycles. The van der Waals surface area contributed by atoms with E-state index < -0.39 is 12.1 Å². The molecule has 0 aliphatic carbocycles. The summed E-state index contributed by atoms with van der Waals surface area (Å²) in [6.45, 7) is 1.78. The van der Waals surface area contributed by atoms with Crippen molar-refractivity contribution in [1.82, 2.24) is 0 Å². The number of hydrogen-bond donors (Lipinski definition) is 2. The maximum absolute atomic E-state index is 10.6. The summed E-state index contributed by atoms with van der Waals surface area (Å²) in [6.07, 6.45) is -1.42. The Kier molecular flexibility index (Phi) is 3.27. The second kappa shape index (κ2) is 4.06. The summed E-state index contributed by atoms with van der Waals surface area (Å²) in [4.78, 5) is 10.6. The Morgan fingerprint density at radius 3 is 2.62 bits per heavy atom. The third-order valence-electron chi connectivity index (χ3n) is 1.78. The minimum absolute atomic E-state index is 0.482. The van der Waals surface area contributed by atoms with E-state index in [1.54, 1.807) is 19.1 Å². The minimum atomic E-state index is -1.42. The summed E-state index contributed by atoms with van der Waals surface area (Å²) in [5.41, 5.74) is 1.28. The molecule has 3 nitrogen and oxygen atoms in total. The Morgan fingerprint density at radius 1 is 1.54 bits per heavy atom. The molecule has 1 aromatic carbocycles. The number of aliphatic hydroxyl groups is 1. The topological polar surface area (TPSA) is 57.5 Å². The average molecular weight is 292 g/mol. The highest BCUT2D eigenvalue weighted by molar-refractivity contribution is 14.1. The summed E-state index contributed by atoms with van der Waals surface area (Å²) in [7, 11) is 0. The molecule has 1 aromatic rings. The van der Waals surface area contributed by atoms with Gasteiger partial charge in [-0.25, -0.2) is 4.79 Å². The lowest BCUT2D eigenvalue weighted by atomic mass is 10.0. The zero-order valence-corrected chi connectivity index (χ0v) is 9.15. The Labute approximate surface area is 89.5 Å². The van der Waals surface area contributed by atoms with Gasteiger partial charge in [-0.05, 0) is 41.1 Å². The second-order valence-electron chi connectivity index (χ2n) is 2.71. The average Bonchev–Trinajstić information content (AvgIpc) is 2.03. The van der Waals surface area contributed by atoms with Crippen molar-refractivity contribution in [3.63, 3.8) is 0 Å². The van der Waals surface area contributed by atoms with E-state index in [0.717, 1.165) is 9.13 Å². The van der Waals surface area contributed by atoms with Crippen LogP contribution in [-0.4, -0.2) is 16.2 Å². The fourth-order valence-corrected chi connectivity index (χ4v) is 2.04. The minimum Gasteiger partial charge on any atom is -0.479 e. The van der Waals surface area contributed by atoms with Crippen molar-refractivity contribution in [2.75, 3.05) is 0 Å². The molecule has 1 unspecified atom stereocenters. The molecule has 0 aliphatic heterocycles. The molecule has 0 aromatic heterocycles. The standard InChI is InChI=1S/C9H9IO3/c1-5-3-2-4-6(10)7(5)8(11)9(12)13/h2-4,8,11H,1H3,(H,12,13). The Balaban J connectivity index is 3.20. The van der Waals surface area contributed by atoms with Crippen LogP contribution in [0.3, 0.4) is 0 Å². The van der Waals surface area contributed by atoms with Crippen LogP contribution in [0.25, 0.3) is 0 Å². The molecule has 0 radical (unpaired) electrons. The Hall–Kier alpha value is -0.620. The molecular formula is C9H9IO3. The van der Waals surface area contributed by atoms with E-state index in [-0.39, 0.29) is 0 Å². The number of hydrogen-bond acceptors (Lipinski definition) is 2. The number of carbonyl (C=O) groups is 1. The molecule has 1 rings (SSSR count). The normalized spacial score (nSPS) is 12.5. The van der Waals surface area contributed by atoms with Crippen molar-refractivity contribution in [2.24, 2.45) is 0 Å². The maximum Gasteiger partial charge on any atom is 0.337 e. The van der Waals surface area contributed by atoms with E-state index in [1.165, 1.54) is 0 Å². The molecule has 0 fully saturated rings. The molecule has 0 heterocycles. The number of benzene rings is 1. The first-order chi connectivity index (χ1) is 6.04. The van der Waals surface area contributed by atoms with Crippen molar-refractivity contribution in [3.8, 4) is 0 Å². The number of halogens is 1. The largest absolute Gasteiger partial charge is 0.479 e. The van der Waals surface area contributed by atoms with Gasteiger partial charge >= 0.3 is 5.97 Å². The number of carboxylic acids is 1. The monoisotopic (exact) mass is 292 g/mol. The van der Waals surface area contributed by atoms with Crippen molar-refractivity contribution in [3.05, 3.63) is 32.9 Å². The first kappa shape index (κ1) is 10.5. The molecule has 0 aliphatic rings. The molecule has 13 heavy (non-hydrogen) atoms. The molecule has 0 bridgehead atoms. The van der Waals surface area contributed by atoms with Gasteiger partial charge in [0.15, 0.2) is 6.10 Å². The molecule has 0 spiro atoms. The van der Waals surface area contributed by atoms with Gasteiger partial charge in [0.25, 0.3) is 0 Å². The zero-order chi connectivity index (χ0) is 10.0. The van der Waals surface area contributed by atoms with E-state index >= 15 is 0 Å². The molecule has 1 atom stereocenters. The predicted molar refractivity (Wildman–Crippen MR) is 56.5 cm³/mol. The molecular weight excluding hydrogens is 283 g/mol. The molecule has 70 valence electrons. The Bertz CT molecular complexity index is 315. The van der Waals surface area contributed by atoms with E-state index in [2.05, 4.69) is 0 Å². The van der Waals surface area contributed by atoms with Gasteiger partial charge < -0.3 is 10.2 Å².